The van der Waals surface area contributed by atoms with Crippen LogP contribution in [-0.2, 0) is 11.3 Å². The van der Waals surface area contributed by atoms with E-state index in [-0.39, 0.29) is 18.3 Å². The molecule has 1 aromatic heterocycles. The molecule has 216 valence electrons. The lowest BCUT2D eigenvalue weighted by atomic mass is 10.0. The molecule has 0 fully saturated rings. The van der Waals surface area contributed by atoms with Crippen molar-refractivity contribution in [2.75, 3.05) is 6.61 Å². The minimum atomic E-state index is -0.362. The van der Waals surface area contributed by atoms with Gasteiger partial charge in [0.1, 0.15) is 0 Å². The number of carbonyl (C=O) groups is 2. The molecule has 0 unspecified atom stereocenters. The zero-order valence-corrected chi connectivity index (χ0v) is 24.8. The number of pyridine rings is 1. The molecule has 3 aromatic rings. The van der Waals surface area contributed by atoms with Gasteiger partial charge in [-0.05, 0) is 17.9 Å². The topological polar surface area (TPSA) is 47.2 Å². The van der Waals surface area contributed by atoms with Crippen LogP contribution in [0.4, 0.5) is 0 Å². The predicted octanol–water partition coefficient (Wildman–Crippen LogP) is 9.43. The number of rotatable bonds is 21. The second-order valence-electron chi connectivity index (χ2n) is 11.1. The number of unbranched alkanes of at least 4 members (excludes halogenated alkanes) is 15. The van der Waals surface area contributed by atoms with Gasteiger partial charge in [0.05, 0.1) is 12.0 Å². The molecule has 40 heavy (non-hydrogen) atoms. The molecule has 0 atom stereocenters. The van der Waals surface area contributed by atoms with E-state index in [1.165, 1.54) is 89.9 Å². The van der Waals surface area contributed by atoms with Gasteiger partial charge in [0.25, 0.3) is 5.69 Å². The molecule has 1 heterocycles. The van der Waals surface area contributed by atoms with Crippen LogP contribution in [0.2, 0.25) is 0 Å². The number of benzene rings is 2. The first-order valence-electron chi connectivity index (χ1n) is 15.9. The van der Waals surface area contributed by atoms with Crippen molar-refractivity contribution in [3.8, 4) is 0 Å². The maximum absolute atomic E-state index is 13.2. The summed E-state index contributed by atoms with van der Waals surface area (Å²) < 4.78 is 7.44. The molecule has 0 N–H and O–H groups in total. The Labute approximate surface area is 242 Å². The molecule has 4 heteroatoms. The van der Waals surface area contributed by atoms with Crippen LogP contribution in [0.5, 0.6) is 0 Å². The number of esters is 1. The number of ether oxygens (including phenoxy) is 1. The number of hydrogen-bond acceptors (Lipinski definition) is 3. The highest BCUT2D eigenvalue weighted by atomic mass is 16.5. The van der Waals surface area contributed by atoms with E-state index in [2.05, 4.69) is 6.92 Å². The van der Waals surface area contributed by atoms with E-state index in [0.717, 1.165) is 23.6 Å². The van der Waals surface area contributed by atoms with Gasteiger partial charge in [-0.3, -0.25) is 4.79 Å². The lowest BCUT2D eigenvalue weighted by Gasteiger charge is -2.08. The minimum absolute atomic E-state index is 0.0345. The van der Waals surface area contributed by atoms with Crippen molar-refractivity contribution < 1.29 is 18.9 Å². The zero-order valence-electron chi connectivity index (χ0n) is 24.8. The maximum atomic E-state index is 13.2. The molecule has 0 bridgehead atoms. The number of ketones is 1. The van der Waals surface area contributed by atoms with Crippen LogP contribution >= 0.6 is 0 Å². The fraction of sp³-hybridized carbons (Fsp3) is 0.528. The van der Waals surface area contributed by atoms with E-state index in [0.29, 0.717) is 17.9 Å². The Bertz CT molecular complexity index is 1140. The first kappa shape index (κ1) is 31.5. The van der Waals surface area contributed by atoms with Gasteiger partial charge in [-0.25, -0.2) is 4.79 Å². The van der Waals surface area contributed by atoms with Gasteiger partial charge in [0.15, 0.2) is 6.20 Å². The molecule has 0 spiro atoms. The second-order valence-corrected chi connectivity index (χ2v) is 11.1. The molecule has 0 aliphatic rings. The van der Waals surface area contributed by atoms with E-state index in [1.807, 2.05) is 54.7 Å². The summed E-state index contributed by atoms with van der Waals surface area (Å²) in [6.45, 7) is 2.78. The van der Waals surface area contributed by atoms with Gasteiger partial charge in [-0.1, -0.05) is 152 Å². The fourth-order valence-electron chi connectivity index (χ4n) is 5.37. The highest BCUT2D eigenvalue weighted by Gasteiger charge is 2.26. The quantitative estimate of drug-likeness (QED) is 0.0581. The third kappa shape index (κ3) is 11.2. The summed E-state index contributed by atoms with van der Waals surface area (Å²) in [5, 5.41) is 1.77. The molecular formula is C36H50NO3+. The van der Waals surface area contributed by atoms with Crippen LogP contribution < -0.4 is 4.57 Å². The molecule has 0 aliphatic heterocycles. The molecular weight excluding hydrogens is 494 g/mol. The van der Waals surface area contributed by atoms with Gasteiger partial charge in [0, 0.05) is 11.6 Å². The van der Waals surface area contributed by atoms with Crippen molar-refractivity contribution in [3.63, 3.8) is 0 Å². The highest BCUT2D eigenvalue weighted by Crippen LogP contribution is 2.18. The Morgan fingerprint density at radius 1 is 0.625 bits per heavy atom. The number of hydrogen-bond donors (Lipinski definition) is 0. The fourth-order valence-corrected chi connectivity index (χ4v) is 5.37. The summed E-state index contributed by atoms with van der Waals surface area (Å²) in [4.78, 5) is 26.1. The molecule has 0 radical (unpaired) electrons. The largest absolute Gasteiger partial charge is 0.458 e. The van der Waals surface area contributed by atoms with Crippen LogP contribution in [0.3, 0.4) is 0 Å². The van der Waals surface area contributed by atoms with Crippen LogP contribution in [0.15, 0.2) is 66.9 Å². The number of fused-ring (bicyclic) bond motifs is 1. The van der Waals surface area contributed by atoms with Crippen LogP contribution in [0, 0.1) is 0 Å². The molecule has 0 saturated heterocycles. The van der Waals surface area contributed by atoms with E-state index in [1.54, 1.807) is 16.7 Å². The Kier molecular flexibility index (Phi) is 15.1. The number of nitrogens with zero attached hydrogens (tertiary/aromatic N) is 1. The Hall–Kier alpha value is -3.01. The third-order valence-electron chi connectivity index (χ3n) is 7.77. The van der Waals surface area contributed by atoms with E-state index in [4.69, 9.17) is 4.74 Å². The van der Waals surface area contributed by atoms with Gasteiger partial charge >= 0.3 is 5.97 Å². The van der Waals surface area contributed by atoms with E-state index >= 15 is 0 Å². The first-order valence-corrected chi connectivity index (χ1v) is 15.9. The highest BCUT2D eigenvalue weighted by molar-refractivity contribution is 6.01. The molecule has 0 saturated carbocycles. The van der Waals surface area contributed by atoms with Crippen molar-refractivity contribution in [1.82, 2.24) is 0 Å². The Morgan fingerprint density at radius 3 is 1.75 bits per heavy atom. The standard InChI is InChI=1S/C36H50NO3/c1-2-3-4-5-6-7-8-9-10-11-12-13-14-15-16-22-29-40-36(39)35-33-26-21-20-23-31(33)27-28-37(35)30-34(38)32-24-18-17-19-25-32/h17-21,23-28H,2-16,22,29-30H2,1H3/q+1. The van der Waals surface area contributed by atoms with E-state index in [9.17, 15) is 9.59 Å². The molecule has 3 rings (SSSR count). The van der Waals surface area contributed by atoms with Crippen LogP contribution in [0.25, 0.3) is 10.8 Å². The predicted molar refractivity (Wildman–Crippen MR) is 165 cm³/mol. The molecule has 2 aromatic carbocycles. The van der Waals surface area contributed by atoms with Crippen LogP contribution in [-0.4, -0.2) is 18.4 Å². The summed E-state index contributed by atoms with van der Waals surface area (Å²) in [7, 11) is 0. The number of aromatic nitrogens is 1. The van der Waals surface area contributed by atoms with Crippen molar-refractivity contribution in [2.45, 2.75) is 116 Å². The number of Topliss-reactive ketones (excluding diaryl/α,β-unsaturated/α-hetero) is 1. The van der Waals surface area contributed by atoms with Crippen molar-refractivity contribution >= 4 is 22.5 Å². The summed E-state index contributed by atoms with van der Waals surface area (Å²) in [6, 6.07) is 18.9. The average molecular weight is 545 g/mol. The lowest BCUT2D eigenvalue weighted by Crippen LogP contribution is -2.44. The maximum Gasteiger partial charge on any atom is 0.404 e. The van der Waals surface area contributed by atoms with Gasteiger partial charge in [-0.2, -0.15) is 4.57 Å². The second kappa shape index (κ2) is 19.1. The summed E-state index contributed by atoms with van der Waals surface area (Å²) in [6.07, 6.45) is 22.8. The SMILES string of the molecule is CCCCCCCCCCCCCCCCCCOC(=O)c1c2ccccc2cc[n+]1CC(=O)c1ccccc1. The van der Waals surface area contributed by atoms with Crippen molar-refractivity contribution in [2.24, 2.45) is 0 Å². The van der Waals surface area contributed by atoms with E-state index < -0.39 is 0 Å². The van der Waals surface area contributed by atoms with Gasteiger partial charge in [0.2, 0.25) is 12.3 Å². The van der Waals surface area contributed by atoms with Crippen LogP contribution in [0.1, 0.15) is 131 Å². The van der Waals surface area contributed by atoms with Gasteiger partial charge in [-0.15, -0.1) is 0 Å². The molecule has 0 aliphatic carbocycles. The monoisotopic (exact) mass is 544 g/mol. The van der Waals surface area contributed by atoms with Crippen molar-refractivity contribution in [3.05, 3.63) is 78.1 Å². The molecule has 4 nitrogen and oxygen atoms in total. The Balaban J connectivity index is 1.32. The lowest BCUT2D eigenvalue weighted by molar-refractivity contribution is -0.684. The summed E-state index contributed by atoms with van der Waals surface area (Å²) in [5.74, 6) is -0.397. The number of carbonyl (C=O) groups excluding carboxylic acids is 2. The minimum Gasteiger partial charge on any atom is -0.458 e. The normalized spacial score (nSPS) is 11.1. The van der Waals surface area contributed by atoms with Gasteiger partial charge < -0.3 is 4.74 Å². The third-order valence-corrected chi connectivity index (χ3v) is 7.77. The average Bonchev–Trinajstić information content (AvgIpc) is 2.99. The Morgan fingerprint density at radius 2 is 1.15 bits per heavy atom. The summed E-state index contributed by atoms with van der Waals surface area (Å²) >= 11 is 0. The van der Waals surface area contributed by atoms with Crippen molar-refractivity contribution in [1.29, 1.82) is 0 Å². The first-order chi connectivity index (χ1) is 19.7. The smallest absolute Gasteiger partial charge is 0.404 e. The summed E-state index contributed by atoms with van der Waals surface area (Å²) in [5.41, 5.74) is 1.08. The molecule has 0 amide bonds. The zero-order chi connectivity index (χ0) is 28.3.